The van der Waals surface area contributed by atoms with Crippen LogP contribution in [0.15, 0.2) is 46.9 Å². The number of hydrogen-bond acceptors (Lipinski definition) is 1. The van der Waals surface area contributed by atoms with Crippen LogP contribution in [-0.4, -0.2) is 5.91 Å². The molecule has 0 radical (unpaired) electrons. The summed E-state index contributed by atoms with van der Waals surface area (Å²) in [6.45, 7) is 2.68. The van der Waals surface area contributed by atoms with Crippen LogP contribution in [0.1, 0.15) is 28.4 Å². The molecular formula is C16H15BrINO. The van der Waals surface area contributed by atoms with Crippen LogP contribution in [0.5, 0.6) is 0 Å². The van der Waals surface area contributed by atoms with Gasteiger partial charge < -0.3 is 5.32 Å². The number of nitrogens with one attached hydrogen (secondary N) is 1. The van der Waals surface area contributed by atoms with Gasteiger partial charge >= 0.3 is 0 Å². The van der Waals surface area contributed by atoms with E-state index < -0.39 is 0 Å². The highest BCUT2D eigenvalue weighted by Crippen LogP contribution is 2.19. The standard InChI is InChI=1S/C16H15BrINO/c1-2-11-5-3-4-6-12(11)10-19-16(20)14-9-13(18)7-8-15(14)17/h3-9H,2,10H2,1H3,(H,19,20). The molecule has 1 amide bonds. The third-order valence-electron chi connectivity index (χ3n) is 3.11. The first-order valence-electron chi connectivity index (χ1n) is 6.42. The maximum absolute atomic E-state index is 12.2. The summed E-state index contributed by atoms with van der Waals surface area (Å²) in [6.07, 6.45) is 0.971. The van der Waals surface area contributed by atoms with E-state index in [2.05, 4.69) is 62.9 Å². The number of benzene rings is 2. The molecule has 0 atom stereocenters. The summed E-state index contributed by atoms with van der Waals surface area (Å²) in [5, 5.41) is 2.99. The van der Waals surface area contributed by atoms with Crippen LogP contribution in [0.3, 0.4) is 0 Å². The number of hydrogen-bond donors (Lipinski definition) is 1. The van der Waals surface area contributed by atoms with Gasteiger partial charge in [-0.25, -0.2) is 0 Å². The Hall–Kier alpha value is -0.880. The number of carbonyl (C=O) groups is 1. The molecule has 4 heteroatoms. The number of amides is 1. The molecule has 2 rings (SSSR count). The van der Waals surface area contributed by atoms with Crippen LogP contribution in [0.2, 0.25) is 0 Å². The Bertz CT molecular complexity index is 628. The van der Waals surface area contributed by atoms with E-state index in [4.69, 9.17) is 0 Å². The molecule has 2 aromatic carbocycles. The SMILES string of the molecule is CCc1ccccc1CNC(=O)c1cc(I)ccc1Br. The fourth-order valence-electron chi connectivity index (χ4n) is 2.02. The lowest BCUT2D eigenvalue weighted by Gasteiger charge is -2.10. The molecule has 0 aliphatic rings. The molecule has 0 aromatic heterocycles. The van der Waals surface area contributed by atoms with Crippen LogP contribution in [-0.2, 0) is 13.0 Å². The van der Waals surface area contributed by atoms with Crippen LogP contribution >= 0.6 is 38.5 Å². The molecular weight excluding hydrogens is 429 g/mol. The predicted octanol–water partition coefficient (Wildman–Crippen LogP) is 4.55. The summed E-state index contributed by atoms with van der Waals surface area (Å²) in [5.74, 6) is -0.0544. The zero-order chi connectivity index (χ0) is 14.5. The van der Waals surface area contributed by atoms with Gasteiger partial charge in [-0.15, -0.1) is 0 Å². The third-order valence-corrected chi connectivity index (χ3v) is 4.47. The summed E-state index contributed by atoms with van der Waals surface area (Å²) in [7, 11) is 0. The lowest BCUT2D eigenvalue weighted by Crippen LogP contribution is -2.23. The van der Waals surface area contributed by atoms with Crippen molar-refractivity contribution in [1.82, 2.24) is 5.32 Å². The van der Waals surface area contributed by atoms with Crippen molar-refractivity contribution in [2.24, 2.45) is 0 Å². The summed E-state index contributed by atoms with van der Waals surface area (Å²) in [4.78, 5) is 12.2. The Labute approximate surface area is 141 Å². The highest BCUT2D eigenvalue weighted by molar-refractivity contribution is 14.1. The van der Waals surface area contributed by atoms with Crippen molar-refractivity contribution in [1.29, 1.82) is 0 Å². The molecule has 0 saturated heterocycles. The molecule has 104 valence electrons. The van der Waals surface area contributed by atoms with Crippen LogP contribution in [0.25, 0.3) is 0 Å². The maximum atomic E-state index is 12.2. The predicted molar refractivity (Wildman–Crippen MR) is 93.8 cm³/mol. The first-order chi connectivity index (χ1) is 9.61. The van der Waals surface area contributed by atoms with Crippen LogP contribution < -0.4 is 5.32 Å². The highest BCUT2D eigenvalue weighted by atomic mass is 127. The van der Waals surface area contributed by atoms with Gasteiger partial charge in [0, 0.05) is 14.6 Å². The van der Waals surface area contributed by atoms with Gasteiger partial charge in [-0.05, 0) is 74.3 Å². The van der Waals surface area contributed by atoms with Gasteiger partial charge in [0.2, 0.25) is 0 Å². The molecule has 20 heavy (non-hydrogen) atoms. The minimum atomic E-state index is -0.0544. The Morgan fingerprint density at radius 2 is 1.90 bits per heavy atom. The number of aryl methyl sites for hydroxylation is 1. The normalized spacial score (nSPS) is 10.3. The topological polar surface area (TPSA) is 29.1 Å². The van der Waals surface area contributed by atoms with Crippen molar-refractivity contribution >= 4 is 44.4 Å². The molecule has 0 aliphatic carbocycles. The Morgan fingerprint density at radius 1 is 1.20 bits per heavy atom. The van der Waals surface area contributed by atoms with E-state index in [1.165, 1.54) is 11.1 Å². The fourth-order valence-corrected chi connectivity index (χ4v) is 2.93. The van der Waals surface area contributed by atoms with Gasteiger partial charge in [0.1, 0.15) is 0 Å². The second-order valence-corrected chi connectivity index (χ2v) is 6.53. The quantitative estimate of drug-likeness (QED) is 0.690. The van der Waals surface area contributed by atoms with Crippen molar-refractivity contribution in [3.05, 3.63) is 67.2 Å². The van der Waals surface area contributed by atoms with E-state index >= 15 is 0 Å². The number of halogens is 2. The average molecular weight is 444 g/mol. The van der Waals surface area contributed by atoms with E-state index in [-0.39, 0.29) is 5.91 Å². The third kappa shape index (κ3) is 3.82. The van der Waals surface area contributed by atoms with Crippen molar-refractivity contribution in [3.63, 3.8) is 0 Å². The second kappa shape index (κ2) is 7.22. The van der Waals surface area contributed by atoms with Gasteiger partial charge in [-0.1, -0.05) is 31.2 Å². The van der Waals surface area contributed by atoms with Crippen molar-refractivity contribution in [2.75, 3.05) is 0 Å². The number of rotatable bonds is 4. The summed E-state index contributed by atoms with van der Waals surface area (Å²) in [5.41, 5.74) is 3.12. The molecule has 0 saturated carbocycles. The Morgan fingerprint density at radius 3 is 2.60 bits per heavy atom. The summed E-state index contributed by atoms with van der Waals surface area (Å²) in [6, 6.07) is 13.9. The lowest BCUT2D eigenvalue weighted by molar-refractivity contribution is 0.0950. The van der Waals surface area contributed by atoms with Gasteiger partial charge in [-0.3, -0.25) is 4.79 Å². The summed E-state index contributed by atoms with van der Waals surface area (Å²) < 4.78 is 1.86. The van der Waals surface area contributed by atoms with Gasteiger partial charge in [0.05, 0.1) is 5.56 Å². The number of carbonyl (C=O) groups excluding carboxylic acids is 1. The van der Waals surface area contributed by atoms with Crippen molar-refractivity contribution in [3.8, 4) is 0 Å². The molecule has 0 heterocycles. The Balaban J connectivity index is 2.11. The second-order valence-electron chi connectivity index (χ2n) is 4.43. The van der Waals surface area contributed by atoms with E-state index in [0.717, 1.165) is 14.5 Å². The average Bonchev–Trinajstić information content (AvgIpc) is 2.47. The molecule has 2 aromatic rings. The molecule has 0 spiro atoms. The van der Waals surface area contributed by atoms with E-state index in [0.29, 0.717) is 12.1 Å². The van der Waals surface area contributed by atoms with Gasteiger partial charge in [0.15, 0.2) is 0 Å². The van der Waals surface area contributed by atoms with E-state index in [9.17, 15) is 4.79 Å². The largest absolute Gasteiger partial charge is 0.348 e. The fraction of sp³-hybridized carbons (Fsp3) is 0.188. The molecule has 2 nitrogen and oxygen atoms in total. The summed E-state index contributed by atoms with van der Waals surface area (Å²) >= 11 is 5.63. The smallest absolute Gasteiger partial charge is 0.252 e. The highest BCUT2D eigenvalue weighted by Gasteiger charge is 2.10. The maximum Gasteiger partial charge on any atom is 0.252 e. The zero-order valence-corrected chi connectivity index (χ0v) is 14.9. The minimum Gasteiger partial charge on any atom is -0.348 e. The van der Waals surface area contributed by atoms with Crippen molar-refractivity contribution in [2.45, 2.75) is 19.9 Å². The molecule has 0 aliphatic heterocycles. The van der Waals surface area contributed by atoms with Gasteiger partial charge in [-0.2, -0.15) is 0 Å². The van der Waals surface area contributed by atoms with Crippen LogP contribution in [0.4, 0.5) is 0 Å². The van der Waals surface area contributed by atoms with Crippen LogP contribution in [0, 0.1) is 3.57 Å². The monoisotopic (exact) mass is 443 g/mol. The first-order valence-corrected chi connectivity index (χ1v) is 8.29. The van der Waals surface area contributed by atoms with Crippen molar-refractivity contribution < 1.29 is 4.79 Å². The minimum absolute atomic E-state index is 0.0544. The Kier molecular flexibility index (Phi) is 5.60. The lowest BCUT2D eigenvalue weighted by atomic mass is 10.1. The van der Waals surface area contributed by atoms with E-state index in [1.807, 2.05) is 30.3 Å². The first kappa shape index (κ1) is 15.5. The zero-order valence-electron chi connectivity index (χ0n) is 11.1. The molecule has 1 N–H and O–H groups in total. The van der Waals surface area contributed by atoms with E-state index in [1.54, 1.807) is 0 Å². The molecule has 0 fully saturated rings. The molecule has 0 bridgehead atoms. The molecule has 0 unspecified atom stereocenters. The van der Waals surface area contributed by atoms with Gasteiger partial charge in [0.25, 0.3) is 5.91 Å².